The molecule has 2 amide bonds. The van der Waals surface area contributed by atoms with Crippen molar-refractivity contribution in [1.82, 2.24) is 15.0 Å². The minimum absolute atomic E-state index is 0.0171. The second-order valence-corrected chi connectivity index (χ2v) is 8.02. The van der Waals surface area contributed by atoms with Gasteiger partial charge in [0.2, 0.25) is 0 Å². The molecular formula is C24H26N4O3. The molecule has 1 atom stereocenters. The molecule has 2 heterocycles. The van der Waals surface area contributed by atoms with Gasteiger partial charge in [0, 0.05) is 35.9 Å². The number of nitrogens with one attached hydrogen (secondary N) is 1. The molecule has 0 aliphatic carbocycles. The van der Waals surface area contributed by atoms with E-state index in [2.05, 4.69) is 15.4 Å². The van der Waals surface area contributed by atoms with Crippen molar-refractivity contribution in [3.05, 3.63) is 71.5 Å². The van der Waals surface area contributed by atoms with Crippen molar-refractivity contribution < 1.29 is 14.1 Å². The predicted octanol–water partition coefficient (Wildman–Crippen LogP) is 3.68. The highest BCUT2D eigenvalue weighted by Crippen LogP contribution is 2.26. The molecule has 2 aromatic carbocycles. The zero-order valence-corrected chi connectivity index (χ0v) is 18.0. The maximum Gasteiger partial charge on any atom is 0.261 e. The lowest BCUT2D eigenvalue weighted by Gasteiger charge is -2.20. The Balaban J connectivity index is 1.46. The fourth-order valence-corrected chi connectivity index (χ4v) is 3.85. The molecule has 3 aromatic rings. The van der Waals surface area contributed by atoms with Gasteiger partial charge in [-0.15, -0.1) is 0 Å². The molecule has 160 valence electrons. The highest BCUT2D eigenvalue weighted by Gasteiger charge is 2.28. The minimum atomic E-state index is -0.301. The summed E-state index contributed by atoms with van der Waals surface area (Å²) in [5.41, 5.74) is 2.94. The Hall–Kier alpha value is -3.45. The van der Waals surface area contributed by atoms with Crippen molar-refractivity contribution in [1.29, 1.82) is 0 Å². The Morgan fingerprint density at radius 3 is 2.45 bits per heavy atom. The molecule has 7 heteroatoms. The van der Waals surface area contributed by atoms with Crippen LogP contribution < -0.4 is 5.32 Å². The quantitative estimate of drug-likeness (QED) is 0.684. The Morgan fingerprint density at radius 2 is 1.81 bits per heavy atom. The van der Waals surface area contributed by atoms with Gasteiger partial charge in [-0.05, 0) is 51.7 Å². The number of anilines is 1. The molecule has 0 saturated carbocycles. The lowest BCUT2D eigenvalue weighted by atomic mass is 10.1. The molecule has 7 nitrogen and oxygen atoms in total. The molecule has 31 heavy (non-hydrogen) atoms. The number of amides is 2. The molecule has 4 rings (SSSR count). The van der Waals surface area contributed by atoms with Crippen molar-refractivity contribution in [2.75, 3.05) is 32.5 Å². The Morgan fingerprint density at radius 1 is 1.10 bits per heavy atom. The number of nitrogens with zero attached hydrogens (tertiary/aromatic N) is 3. The predicted molar refractivity (Wildman–Crippen MR) is 119 cm³/mol. The van der Waals surface area contributed by atoms with Gasteiger partial charge in [-0.2, -0.15) is 0 Å². The molecule has 1 N–H and O–H groups in total. The highest BCUT2D eigenvalue weighted by atomic mass is 16.5. The van der Waals surface area contributed by atoms with Crippen LogP contribution >= 0.6 is 0 Å². The zero-order valence-electron chi connectivity index (χ0n) is 18.0. The summed E-state index contributed by atoms with van der Waals surface area (Å²) < 4.78 is 5.28. The average molecular weight is 418 g/mol. The third-order valence-corrected chi connectivity index (χ3v) is 5.71. The average Bonchev–Trinajstić information content (AvgIpc) is 3.42. The van der Waals surface area contributed by atoms with Crippen molar-refractivity contribution >= 4 is 17.5 Å². The van der Waals surface area contributed by atoms with Gasteiger partial charge in [0.25, 0.3) is 11.8 Å². The van der Waals surface area contributed by atoms with Gasteiger partial charge >= 0.3 is 0 Å². The van der Waals surface area contributed by atoms with Crippen LogP contribution in [0.4, 0.5) is 5.69 Å². The number of rotatable bonds is 5. The SMILES string of the molecule is Cc1onc(-c2ccccc2)c1C(=O)Nc1ccc(C(=O)N2CCC(N(C)C)C2)cc1. The molecule has 0 radical (unpaired) electrons. The smallest absolute Gasteiger partial charge is 0.261 e. The van der Waals surface area contributed by atoms with Gasteiger partial charge in [0.1, 0.15) is 17.0 Å². The summed E-state index contributed by atoms with van der Waals surface area (Å²) in [5, 5.41) is 6.94. The fraction of sp³-hybridized carbons (Fsp3) is 0.292. The summed E-state index contributed by atoms with van der Waals surface area (Å²) in [6.07, 6.45) is 0.981. The Kier molecular flexibility index (Phi) is 5.86. The standard InChI is InChI=1S/C24H26N4O3/c1-16-21(22(26-31-16)17-7-5-4-6-8-17)23(29)25-19-11-9-18(10-12-19)24(30)28-14-13-20(15-28)27(2)3/h4-12,20H,13-15H2,1-3H3,(H,25,29). The largest absolute Gasteiger partial charge is 0.360 e. The van der Waals surface area contributed by atoms with Crippen LogP contribution in [0.1, 0.15) is 32.9 Å². The van der Waals surface area contributed by atoms with E-state index in [1.807, 2.05) is 49.3 Å². The van der Waals surface area contributed by atoms with E-state index in [1.165, 1.54) is 0 Å². The van der Waals surface area contributed by atoms with E-state index in [4.69, 9.17) is 4.52 Å². The second kappa shape index (κ2) is 8.73. The zero-order chi connectivity index (χ0) is 22.0. The first-order chi connectivity index (χ1) is 14.9. The first-order valence-electron chi connectivity index (χ1n) is 10.3. The van der Waals surface area contributed by atoms with Crippen LogP contribution in [-0.2, 0) is 0 Å². The van der Waals surface area contributed by atoms with E-state index < -0.39 is 0 Å². The summed E-state index contributed by atoms with van der Waals surface area (Å²) in [4.78, 5) is 29.7. The lowest BCUT2D eigenvalue weighted by molar-refractivity contribution is 0.0783. The number of benzene rings is 2. The number of likely N-dealkylation sites (N-methyl/N-ethyl adjacent to an activating group) is 1. The molecular weight excluding hydrogens is 392 g/mol. The molecule has 0 bridgehead atoms. The summed E-state index contributed by atoms with van der Waals surface area (Å²) in [6, 6.07) is 16.8. The number of hydrogen-bond acceptors (Lipinski definition) is 5. The maximum atomic E-state index is 12.9. The third kappa shape index (κ3) is 4.36. The van der Waals surface area contributed by atoms with E-state index in [-0.39, 0.29) is 11.8 Å². The first kappa shape index (κ1) is 20.8. The van der Waals surface area contributed by atoms with Crippen LogP contribution in [0.15, 0.2) is 59.1 Å². The molecule has 1 fully saturated rings. The highest BCUT2D eigenvalue weighted by molar-refractivity contribution is 6.09. The summed E-state index contributed by atoms with van der Waals surface area (Å²) in [7, 11) is 4.08. The number of carbonyl (C=O) groups is 2. The van der Waals surface area contributed by atoms with Crippen molar-refractivity contribution in [3.8, 4) is 11.3 Å². The van der Waals surface area contributed by atoms with Gasteiger partial charge in [-0.25, -0.2) is 0 Å². The van der Waals surface area contributed by atoms with Crippen molar-refractivity contribution in [2.45, 2.75) is 19.4 Å². The van der Waals surface area contributed by atoms with Crippen molar-refractivity contribution in [2.24, 2.45) is 0 Å². The van der Waals surface area contributed by atoms with Crippen LogP contribution in [0.5, 0.6) is 0 Å². The number of hydrogen-bond donors (Lipinski definition) is 1. The number of aromatic nitrogens is 1. The summed E-state index contributed by atoms with van der Waals surface area (Å²) >= 11 is 0. The summed E-state index contributed by atoms with van der Waals surface area (Å²) in [5.74, 6) is 0.168. The van der Waals surface area contributed by atoms with Gasteiger partial charge in [-0.1, -0.05) is 35.5 Å². The fourth-order valence-electron chi connectivity index (χ4n) is 3.85. The third-order valence-electron chi connectivity index (χ3n) is 5.71. The van der Waals surface area contributed by atoms with Gasteiger partial charge in [0.05, 0.1) is 0 Å². The lowest BCUT2D eigenvalue weighted by Crippen LogP contribution is -2.34. The van der Waals surface area contributed by atoms with E-state index in [0.29, 0.717) is 34.3 Å². The van der Waals surface area contributed by atoms with Crippen LogP contribution in [0.25, 0.3) is 11.3 Å². The normalized spacial score (nSPS) is 16.0. The minimum Gasteiger partial charge on any atom is -0.360 e. The monoisotopic (exact) mass is 418 g/mol. The number of carbonyl (C=O) groups excluding carboxylic acids is 2. The topological polar surface area (TPSA) is 78.7 Å². The second-order valence-electron chi connectivity index (χ2n) is 8.02. The van der Waals surface area contributed by atoms with Gasteiger partial charge < -0.3 is 19.6 Å². The maximum absolute atomic E-state index is 12.9. The number of aryl methyl sites for hydroxylation is 1. The van der Waals surface area contributed by atoms with E-state index in [9.17, 15) is 9.59 Å². The molecule has 1 saturated heterocycles. The molecule has 1 aliphatic heterocycles. The molecule has 1 aromatic heterocycles. The van der Waals surface area contributed by atoms with E-state index in [1.54, 1.807) is 31.2 Å². The molecule has 1 unspecified atom stereocenters. The first-order valence-corrected chi connectivity index (χ1v) is 10.3. The Bertz CT molecular complexity index is 1070. The van der Waals surface area contributed by atoms with Crippen LogP contribution in [0.2, 0.25) is 0 Å². The van der Waals surface area contributed by atoms with Crippen LogP contribution in [0, 0.1) is 6.92 Å². The van der Waals surface area contributed by atoms with Crippen LogP contribution in [-0.4, -0.2) is 60.0 Å². The Labute approximate surface area is 181 Å². The van der Waals surface area contributed by atoms with Crippen LogP contribution in [0.3, 0.4) is 0 Å². The van der Waals surface area contributed by atoms with Gasteiger partial charge in [-0.3, -0.25) is 9.59 Å². The number of likely N-dealkylation sites (tertiary alicyclic amines) is 1. The van der Waals surface area contributed by atoms with E-state index in [0.717, 1.165) is 25.1 Å². The summed E-state index contributed by atoms with van der Waals surface area (Å²) in [6.45, 7) is 3.21. The molecule has 1 aliphatic rings. The molecule has 0 spiro atoms. The van der Waals surface area contributed by atoms with Crippen molar-refractivity contribution in [3.63, 3.8) is 0 Å². The van der Waals surface area contributed by atoms with Gasteiger partial charge in [0.15, 0.2) is 0 Å². The van der Waals surface area contributed by atoms with E-state index >= 15 is 0 Å².